The van der Waals surface area contributed by atoms with Crippen LogP contribution in [0.15, 0.2) is 121 Å². The van der Waals surface area contributed by atoms with Crippen molar-refractivity contribution in [2.24, 2.45) is 5.92 Å². The number of pyridine rings is 1. The van der Waals surface area contributed by atoms with E-state index in [1.54, 1.807) is 11.3 Å². The molecule has 8 rings (SSSR count). The molecule has 0 fully saturated rings. The number of hydrogen-bond donors (Lipinski definition) is 0. The SMILES string of the molecule is CC(C)Cc1cc(-c2[c-]cccc2)ncc1[Si](C)(C)C.CC(C)c1cc(-c2ccccc2)cc(C(C)C)c1-n1c(-c2[c-]sc3ccc([Si](C)(C)C)cc23)nc2ccccc21.[Ir]. The minimum atomic E-state index is -1.48. The number of para-hydroxylation sites is 2. The van der Waals surface area contributed by atoms with Gasteiger partial charge in [0.25, 0.3) is 0 Å². The van der Waals surface area contributed by atoms with E-state index >= 15 is 0 Å². The number of nitrogens with zero attached hydrogens (tertiary/aromatic N) is 3. The third-order valence-corrected chi connectivity index (χ3v) is 16.3. The van der Waals surface area contributed by atoms with Gasteiger partial charge in [-0.15, -0.1) is 47.3 Å². The standard InChI is InChI=1S/C36H37N2SSi.C18H24NSi.Ir/c1-23(2)28-19-26(25-13-9-8-10-14-25)20-29(24(3)4)35(28)38-33-16-12-11-15-32(33)37-36(38)31-22-39-34-18-17-27(21-30(31)34)40(5,6)7;1-14(2)11-16-12-17(15-9-7-6-8-10-15)19-13-18(16)20(3,4)5;/h8-21,23-24H,1-7H3;6-9,12-14H,11H2,1-5H3;/q2*-1;. The Bertz CT molecular complexity index is 2710. The summed E-state index contributed by atoms with van der Waals surface area (Å²) in [5.74, 6) is 2.33. The van der Waals surface area contributed by atoms with Crippen molar-refractivity contribution >= 4 is 59.0 Å². The second-order valence-electron chi connectivity index (χ2n) is 19.3. The van der Waals surface area contributed by atoms with Crippen LogP contribution >= 0.6 is 11.3 Å². The smallest absolute Gasteiger partial charge is 0.0798 e. The molecule has 61 heavy (non-hydrogen) atoms. The molecule has 0 saturated carbocycles. The molecule has 7 heteroatoms. The van der Waals surface area contributed by atoms with Crippen LogP contribution in [0.3, 0.4) is 0 Å². The monoisotopic (exact) mass is 1030 g/mol. The molecule has 3 heterocycles. The fourth-order valence-electron chi connectivity index (χ4n) is 8.12. The van der Waals surface area contributed by atoms with E-state index < -0.39 is 16.1 Å². The van der Waals surface area contributed by atoms with E-state index in [2.05, 4.69) is 205 Å². The third kappa shape index (κ3) is 10.2. The Hall–Kier alpha value is -4.24. The zero-order valence-electron chi connectivity index (χ0n) is 38.1. The molecule has 0 amide bonds. The summed E-state index contributed by atoms with van der Waals surface area (Å²) in [4.78, 5) is 9.99. The van der Waals surface area contributed by atoms with Gasteiger partial charge in [-0.2, -0.15) is 0 Å². The molecule has 0 unspecified atom stereocenters. The molecule has 0 bridgehead atoms. The molecule has 8 aromatic rings. The topological polar surface area (TPSA) is 30.7 Å². The maximum Gasteiger partial charge on any atom is 0.0798 e. The van der Waals surface area contributed by atoms with E-state index in [-0.39, 0.29) is 20.1 Å². The minimum Gasteiger partial charge on any atom is -0.333 e. The first-order valence-corrected chi connectivity index (χ1v) is 29.5. The second-order valence-corrected chi connectivity index (χ2v) is 30.3. The zero-order chi connectivity index (χ0) is 42.9. The molecule has 0 aliphatic carbocycles. The molecule has 0 atom stereocenters. The number of rotatable bonds is 10. The molecule has 1 radical (unpaired) electrons. The van der Waals surface area contributed by atoms with Crippen molar-refractivity contribution in [3.05, 3.63) is 150 Å². The minimum absolute atomic E-state index is 0. The molecule has 3 aromatic heterocycles. The van der Waals surface area contributed by atoms with Crippen LogP contribution in [0.5, 0.6) is 0 Å². The van der Waals surface area contributed by atoms with Crippen LogP contribution in [0.1, 0.15) is 70.1 Å². The molecule has 5 aromatic carbocycles. The number of imidazole rings is 1. The molecule has 0 spiro atoms. The number of benzene rings is 5. The maximum atomic E-state index is 5.30. The van der Waals surface area contributed by atoms with Crippen LogP contribution in [-0.4, -0.2) is 30.7 Å². The summed E-state index contributed by atoms with van der Waals surface area (Å²) in [6.07, 6.45) is 3.24. The van der Waals surface area contributed by atoms with E-state index in [1.807, 2.05) is 18.2 Å². The summed E-state index contributed by atoms with van der Waals surface area (Å²) < 4.78 is 3.71. The van der Waals surface area contributed by atoms with Gasteiger partial charge in [-0.3, -0.25) is 16.3 Å². The molecule has 0 aliphatic heterocycles. The van der Waals surface area contributed by atoms with Gasteiger partial charge in [0.2, 0.25) is 0 Å². The summed E-state index contributed by atoms with van der Waals surface area (Å²) in [6, 6.07) is 44.8. The van der Waals surface area contributed by atoms with Gasteiger partial charge in [-0.05, 0) is 81.6 Å². The van der Waals surface area contributed by atoms with Gasteiger partial charge in [0.1, 0.15) is 0 Å². The van der Waals surface area contributed by atoms with Gasteiger partial charge in [0, 0.05) is 32.0 Å². The van der Waals surface area contributed by atoms with Crippen molar-refractivity contribution in [3.8, 4) is 39.5 Å². The van der Waals surface area contributed by atoms with Crippen LogP contribution in [0.4, 0.5) is 0 Å². The van der Waals surface area contributed by atoms with Gasteiger partial charge < -0.3 is 9.55 Å². The first kappa shape index (κ1) is 46.3. The quantitative estimate of drug-likeness (QED) is 0.101. The molecular formula is C54H61IrN3SSi2-2. The Labute approximate surface area is 385 Å². The summed E-state index contributed by atoms with van der Waals surface area (Å²) >= 11 is 1.70. The predicted molar refractivity (Wildman–Crippen MR) is 267 cm³/mol. The Balaban J connectivity index is 0.000000250. The van der Waals surface area contributed by atoms with Gasteiger partial charge in [0.15, 0.2) is 0 Å². The van der Waals surface area contributed by atoms with E-state index in [1.165, 1.54) is 54.0 Å². The van der Waals surface area contributed by atoms with Crippen molar-refractivity contribution < 1.29 is 20.1 Å². The van der Waals surface area contributed by atoms with E-state index in [0.717, 1.165) is 40.1 Å². The summed E-state index contributed by atoms with van der Waals surface area (Å²) in [5.41, 5.74) is 13.3. The molecule has 3 nitrogen and oxygen atoms in total. The Morgan fingerprint density at radius 3 is 1.95 bits per heavy atom. The van der Waals surface area contributed by atoms with Crippen molar-refractivity contribution in [3.63, 3.8) is 0 Å². The van der Waals surface area contributed by atoms with Crippen LogP contribution in [0.25, 0.3) is 60.6 Å². The summed E-state index contributed by atoms with van der Waals surface area (Å²) in [5, 5.41) is 7.91. The Morgan fingerprint density at radius 1 is 0.689 bits per heavy atom. The van der Waals surface area contributed by atoms with Crippen molar-refractivity contribution in [1.82, 2.24) is 14.5 Å². The number of hydrogen-bond acceptors (Lipinski definition) is 3. The second kappa shape index (κ2) is 19.0. The first-order chi connectivity index (χ1) is 28.5. The van der Waals surface area contributed by atoms with Gasteiger partial charge >= 0.3 is 0 Å². The van der Waals surface area contributed by atoms with E-state index in [0.29, 0.717) is 17.8 Å². The third-order valence-electron chi connectivity index (χ3n) is 11.3. The number of aromatic nitrogens is 3. The van der Waals surface area contributed by atoms with Crippen molar-refractivity contribution in [1.29, 1.82) is 0 Å². The molecular weight excluding hydrogens is 971 g/mol. The Kier molecular flexibility index (Phi) is 14.4. The fourth-order valence-corrected chi connectivity index (χ4v) is 11.7. The molecule has 0 saturated heterocycles. The average Bonchev–Trinajstić information content (AvgIpc) is 3.81. The summed E-state index contributed by atoms with van der Waals surface area (Å²) in [7, 11) is -2.82. The van der Waals surface area contributed by atoms with E-state index in [9.17, 15) is 0 Å². The summed E-state index contributed by atoms with van der Waals surface area (Å²) in [6.45, 7) is 28.2. The fraction of sp³-hybridized carbons (Fsp3) is 0.296. The molecule has 0 N–H and O–H groups in total. The van der Waals surface area contributed by atoms with Gasteiger partial charge in [-0.1, -0.05) is 168 Å². The maximum absolute atomic E-state index is 5.30. The predicted octanol–water partition coefficient (Wildman–Crippen LogP) is 14.5. The first-order valence-electron chi connectivity index (χ1n) is 21.6. The average molecular weight is 1030 g/mol. The van der Waals surface area contributed by atoms with E-state index in [4.69, 9.17) is 4.98 Å². The normalized spacial score (nSPS) is 12.0. The number of thiophene rings is 1. The van der Waals surface area contributed by atoms with Gasteiger partial charge in [-0.25, -0.2) is 0 Å². The molecule has 317 valence electrons. The van der Waals surface area contributed by atoms with Crippen molar-refractivity contribution in [2.75, 3.05) is 0 Å². The molecule has 0 aliphatic rings. The van der Waals surface area contributed by atoms with Crippen LogP contribution in [0.2, 0.25) is 39.3 Å². The van der Waals surface area contributed by atoms with Crippen molar-refractivity contribution in [2.45, 2.75) is 99.1 Å². The van der Waals surface area contributed by atoms with Crippen LogP contribution in [0, 0.1) is 17.4 Å². The zero-order valence-corrected chi connectivity index (χ0v) is 43.3. The largest absolute Gasteiger partial charge is 0.333 e. The van der Waals surface area contributed by atoms with Gasteiger partial charge in [0.05, 0.1) is 33.0 Å². The van der Waals surface area contributed by atoms with Crippen LogP contribution in [-0.2, 0) is 26.5 Å². The Morgan fingerprint density at radius 2 is 1.34 bits per heavy atom. The number of fused-ring (bicyclic) bond motifs is 2. The van der Waals surface area contributed by atoms with Crippen LogP contribution < -0.4 is 10.4 Å².